The van der Waals surface area contributed by atoms with Gasteiger partial charge in [0.05, 0.1) is 5.56 Å². The largest absolute Gasteiger partial charge is 0.438 e. The summed E-state index contributed by atoms with van der Waals surface area (Å²) in [4.78, 5) is 8.34. The molecule has 0 atom stereocenters. The van der Waals surface area contributed by atoms with Gasteiger partial charge in [-0.3, -0.25) is 0 Å². The Kier molecular flexibility index (Phi) is 4.92. The normalized spacial score (nSPS) is 10.4. The van der Waals surface area contributed by atoms with Crippen LogP contribution in [0.3, 0.4) is 0 Å². The van der Waals surface area contributed by atoms with Crippen LogP contribution in [0.25, 0.3) is 0 Å². The lowest BCUT2D eigenvalue weighted by molar-refractivity contribution is 0.451. The van der Waals surface area contributed by atoms with Crippen LogP contribution in [0.1, 0.15) is 24.5 Å². The second-order valence-electron chi connectivity index (χ2n) is 4.41. The summed E-state index contributed by atoms with van der Waals surface area (Å²) in [6.45, 7) is 4.07. The van der Waals surface area contributed by atoms with Crippen molar-refractivity contribution >= 4 is 21.7 Å². The van der Waals surface area contributed by atoms with Gasteiger partial charge in [-0.05, 0) is 37.1 Å². The smallest absolute Gasteiger partial charge is 0.227 e. The van der Waals surface area contributed by atoms with E-state index in [1.165, 1.54) is 6.33 Å². The maximum Gasteiger partial charge on any atom is 0.227 e. The van der Waals surface area contributed by atoms with Crippen molar-refractivity contribution in [3.63, 3.8) is 0 Å². The standard InChI is InChI=1S/C14H17BrN4O/c1-3-4-11-13(19-16)17-8-18-14(11)20-12-6-5-10(15)7-9(12)2/h5-8H,3-4,16H2,1-2H3,(H,17,18,19). The van der Waals surface area contributed by atoms with Gasteiger partial charge < -0.3 is 10.2 Å². The molecule has 3 N–H and O–H groups in total. The van der Waals surface area contributed by atoms with Crippen molar-refractivity contribution in [2.45, 2.75) is 26.7 Å². The first-order chi connectivity index (χ1) is 9.65. The van der Waals surface area contributed by atoms with Gasteiger partial charge in [0.2, 0.25) is 5.88 Å². The summed E-state index contributed by atoms with van der Waals surface area (Å²) in [5.41, 5.74) is 4.51. The van der Waals surface area contributed by atoms with Gasteiger partial charge in [0.1, 0.15) is 17.9 Å². The summed E-state index contributed by atoms with van der Waals surface area (Å²) < 4.78 is 6.94. The molecule has 0 aliphatic carbocycles. The van der Waals surface area contributed by atoms with Crippen molar-refractivity contribution in [1.29, 1.82) is 0 Å². The van der Waals surface area contributed by atoms with Crippen molar-refractivity contribution in [3.8, 4) is 11.6 Å². The number of ether oxygens (including phenoxy) is 1. The SMILES string of the molecule is CCCc1c(NN)ncnc1Oc1ccc(Br)cc1C. The third kappa shape index (κ3) is 3.26. The molecular formula is C14H17BrN4O. The molecule has 5 nitrogen and oxygen atoms in total. The second kappa shape index (κ2) is 6.67. The summed E-state index contributed by atoms with van der Waals surface area (Å²) in [5.74, 6) is 7.41. The third-order valence-electron chi connectivity index (χ3n) is 2.89. The molecule has 0 aliphatic rings. The zero-order chi connectivity index (χ0) is 14.5. The Morgan fingerprint density at radius 2 is 2.15 bits per heavy atom. The van der Waals surface area contributed by atoms with Crippen molar-refractivity contribution in [2.75, 3.05) is 5.43 Å². The van der Waals surface area contributed by atoms with Crippen LogP contribution in [0.2, 0.25) is 0 Å². The van der Waals surface area contributed by atoms with E-state index < -0.39 is 0 Å². The third-order valence-corrected chi connectivity index (χ3v) is 3.38. The van der Waals surface area contributed by atoms with E-state index in [4.69, 9.17) is 10.6 Å². The molecule has 0 radical (unpaired) electrons. The average molecular weight is 337 g/mol. The highest BCUT2D eigenvalue weighted by Gasteiger charge is 2.13. The number of benzene rings is 1. The number of aryl methyl sites for hydroxylation is 1. The molecule has 20 heavy (non-hydrogen) atoms. The van der Waals surface area contributed by atoms with Gasteiger partial charge in [0.15, 0.2) is 0 Å². The molecule has 6 heteroatoms. The molecule has 0 saturated heterocycles. The number of aromatic nitrogens is 2. The zero-order valence-electron chi connectivity index (χ0n) is 11.5. The quantitative estimate of drug-likeness (QED) is 0.644. The van der Waals surface area contributed by atoms with Gasteiger partial charge in [-0.15, -0.1) is 0 Å². The molecule has 1 aromatic carbocycles. The van der Waals surface area contributed by atoms with Crippen LogP contribution in [0.4, 0.5) is 5.82 Å². The van der Waals surface area contributed by atoms with Crippen molar-refractivity contribution in [2.24, 2.45) is 5.84 Å². The molecule has 0 amide bonds. The first-order valence-electron chi connectivity index (χ1n) is 6.40. The van der Waals surface area contributed by atoms with Crippen LogP contribution in [-0.2, 0) is 6.42 Å². The van der Waals surface area contributed by atoms with Crippen molar-refractivity contribution in [1.82, 2.24) is 9.97 Å². The molecule has 1 heterocycles. The van der Waals surface area contributed by atoms with Crippen molar-refractivity contribution < 1.29 is 4.74 Å². The Morgan fingerprint density at radius 1 is 1.35 bits per heavy atom. The molecule has 0 spiro atoms. The number of halogens is 1. The predicted octanol–water partition coefficient (Wildman–Crippen LogP) is 3.58. The van der Waals surface area contributed by atoms with E-state index in [9.17, 15) is 0 Å². The van der Waals surface area contributed by atoms with E-state index in [1.807, 2.05) is 25.1 Å². The molecule has 106 valence electrons. The molecule has 0 bridgehead atoms. The average Bonchev–Trinajstić information content (AvgIpc) is 2.43. The van der Waals surface area contributed by atoms with Gasteiger partial charge in [-0.1, -0.05) is 29.3 Å². The highest BCUT2D eigenvalue weighted by molar-refractivity contribution is 9.10. The highest BCUT2D eigenvalue weighted by atomic mass is 79.9. The number of rotatable bonds is 5. The highest BCUT2D eigenvalue weighted by Crippen LogP contribution is 2.30. The number of nitrogens with one attached hydrogen (secondary N) is 1. The Morgan fingerprint density at radius 3 is 2.80 bits per heavy atom. The monoisotopic (exact) mass is 336 g/mol. The summed E-state index contributed by atoms with van der Waals surface area (Å²) in [6.07, 6.45) is 3.20. The number of nitrogens with zero attached hydrogens (tertiary/aromatic N) is 2. The lowest BCUT2D eigenvalue weighted by atomic mass is 10.1. The van der Waals surface area contributed by atoms with E-state index in [2.05, 4.69) is 38.2 Å². The Hall–Kier alpha value is -1.66. The lowest BCUT2D eigenvalue weighted by Crippen LogP contribution is -2.12. The van der Waals surface area contributed by atoms with Gasteiger partial charge >= 0.3 is 0 Å². The number of hydrogen-bond donors (Lipinski definition) is 2. The van der Waals surface area contributed by atoms with E-state index in [0.29, 0.717) is 11.7 Å². The first kappa shape index (κ1) is 14.7. The van der Waals surface area contributed by atoms with Gasteiger partial charge in [0.25, 0.3) is 0 Å². The zero-order valence-corrected chi connectivity index (χ0v) is 13.1. The first-order valence-corrected chi connectivity index (χ1v) is 7.19. The minimum atomic E-state index is 0.542. The van der Waals surface area contributed by atoms with Gasteiger partial charge in [-0.25, -0.2) is 15.8 Å². The number of nitrogen functional groups attached to an aromatic ring is 1. The molecule has 0 unspecified atom stereocenters. The summed E-state index contributed by atoms with van der Waals surface area (Å²) in [7, 11) is 0. The lowest BCUT2D eigenvalue weighted by Gasteiger charge is -2.13. The predicted molar refractivity (Wildman–Crippen MR) is 82.8 cm³/mol. The molecule has 1 aromatic heterocycles. The minimum absolute atomic E-state index is 0.542. The van der Waals surface area contributed by atoms with Crippen LogP contribution in [0.15, 0.2) is 29.0 Å². The second-order valence-corrected chi connectivity index (χ2v) is 5.33. The maximum atomic E-state index is 5.92. The maximum absolute atomic E-state index is 5.92. The van der Waals surface area contributed by atoms with Crippen LogP contribution >= 0.6 is 15.9 Å². The summed E-state index contributed by atoms with van der Waals surface area (Å²) in [6, 6.07) is 5.84. The number of hydrogen-bond acceptors (Lipinski definition) is 5. The number of anilines is 1. The summed E-state index contributed by atoms with van der Waals surface area (Å²) in [5, 5.41) is 0. The van der Waals surface area contributed by atoms with E-state index >= 15 is 0 Å². The molecule has 2 rings (SSSR count). The molecule has 0 aliphatic heterocycles. The Bertz CT molecular complexity index is 604. The van der Waals surface area contributed by atoms with Crippen LogP contribution in [0, 0.1) is 6.92 Å². The topological polar surface area (TPSA) is 73.1 Å². The molecule has 0 saturated carbocycles. The molecule has 2 aromatic rings. The fraction of sp³-hybridized carbons (Fsp3) is 0.286. The van der Waals surface area contributed by atoms with E-state index in [1.54, 1.807) is 0 Å². The molecular weight excluding hydrogens is 320 g/mol. The summed E-state index contributed by atoms with van der Waals surface area (Å²) >= 11 is 3.44. The molecule has 0 fully saturated rings. The Balaban J connectivity index is 2.37. The van der Waals surface area contributed by atoms with Crippen LogP contribution in [-0.4, -0.2) is 9.97 Å². The number of nitrogens with two attached hydrogens (primary N) is 1. The fourth-order valence-corrected chi connectivity index (χ4v) is 2.39. The van der Waals surface area contributed by atoms with Crippen LogP contribution in [0.5, 0.6) is 11.6 Å². The van der Waals surface area contributed by atoms with Crippen molar-refractivity contribution in [3.05, 3.63) is 40.1 Å². The van der Waals surface area contributed by atoms with Gasteiger partial charge in [-0.2, -0.15) is 0 Å². The Labute approximate surface area is 126 Å². The van der Waals surface area contributed by atoms with E-state index in [-0.39, 0.29) is 0 Å². The number of hydrazine groups is 1. The fourth-order valence-electron chi connectivity index (χ4n) is 1.92. The van der Waals surface area contributed by atoms with Gasteiger partial charge in [0, 0.05) is 4.47 Å². The minimum Gasteiger partial charge on any atom is -0.438 e. The van der Waals surface area contributed by atoms with E-state index in [0.717, 1.165) is 34.2 Å². The van der Waals surface area contributed by atoms with Crippen LogP contribution < -0.4 is 16.0 Å².